The molecule has 0 aromatic heterocycles. The Morgan fingerprint density at radius 2 is 2.12 bits per heavy atom. The number of likely N-dealkylation sites (tertiary alicyclic amines) is 1. The van der Waals surface area contributed by atoms with Crippen LogP contribution >= 0.6 is 0 Å². The number of aliphatic hydroxyl groups is 1. The van der Waals surface area contributed by atoms with E-state index in [4.69, 9.17) is 0 Å². The summed E-state index contributed by atoms with van der Waals surface area (Å²) in [6.45, 7) is 0.723. The highest BCUT2D eigenvalue weighted by atomic mass is 16.3. The van der Waals surface area contributed by atoms with Gasteiger partial charge in [-0.1, -0.05) is 12.8 Å². The summed E-state index contributed by atoms with van der Waals surface area (Å²) >= 11 is 0. The Kier molecular flexibility index (Phi) is 3.68. The quantitative estimate of drug-likeness (QED) is 0.789. The fraction of sp³-hybridized carbons (Fsp3) is 0.846. The number of hydrogen-bond donors (Lipinski definition) is 1. The average molecular weight is 236 g/mol. The summed E-state index contributed by atoms with van der Waals surface area (Å²) in [7, 11) is 0. The molecule has 1 saturated heterocycles. The fourth-order valence-electron chi connectivity index (χ4n) is 2.81. The van der Waals surface area contributed by atoms with Crippen LogP contribution in [-0.4, -0.2) is 35.1 Å². The van der Waals surface area contributed by atoms with Crippen LogP contribution in [0.25, 0.3) is 0 Å². The molecule has 1 aliphatic carbocycles. The molecule has 4 nitrogen and oxygen atoms in total. The van der Waals surface area contributed by atoms with E-state index in [0.717, 1.165) is 32.1 Å². The topological polar surface area (TPSA) is 64.3 Å². The van der Waals surface area contributed by atoms with Gasteiger partial charge in [-0.05, 0) is 32.1 Å². The molecule has 2 aliphatic rings. The minimum atomic E-state index is -0.766. The molecule has 0 aromatic rings. The Morgan fingerprint density at radius 1 is 1.35 bits per heavy atom. The van der Waals surface area contributed by atoms with Gasteiger partial charge in [0.05, 0.1) is 18.7 Å². The number of aliphatic hydroxyl groups excluding tert-OH is 1. The maximum absolute atomic E-state index is 12.4. The van der Waals surface area contributed by atoms with E-state index in [-0.39, 0.29) is 18.6 Å². The van der Waals surface area contributed by atoms with Crippen molar-refractivity contribution in [3.63, 3.8) is 0 Å². The summed E-state index contributed by atoms with van der Waals surface area (Å²) in [5.41, 5.74) is -0.766. The van der Waals surface area contributed by atoms with E-state index >= 15 is 0 Å². The number of carbonyl (C=O) groups excluding carboxylic acids is 1. The van der Waals surface area contributed by atoms with Crippen LogP contribution in [0.2, 0.25) is 0 Å². The number of carbonyl (C=O) groups is 1. The zero-order valence-electron chi connectivity index (χ0n) is 10.2. The molecule has 1 N–H and O–H groups in total. The summed E-state index contributed by atoms with van der Waals surface area (Å²) in [6.07, 6.45) is 6.38. The highest BCUT2D eigenvalue weighted by molar-refractivity contribution is 5.86. The first-order valence-corrected chi connectivity index (χ1v) is 6.57. The molecule has 0 bridgehead atoms. The largest absolute Gasteiger partial charge is 0.394 e. The Balaban J connectivity index is 2.13. The Bertz CT molecular complexity index is 331. The lowest BCUT2D eigenvalue weighted by Crippen LogP contribution is -2.52. The van der Waals surface area contributed by atoms with Crippen molar-refractivity contribution in [1.82, 2.24) is 4.90 Å². The summed E-state index contributed by atoms with van der Waals surface area (Å²) in [5, 5.41) is 18.6. The zero-order chi connectivity index (χ0) is 12.3. The van der Waals surface area contributed by atoms with Crippen molar-refractivity contribution >= 4 is 5.91 Å². The van der Waals surface area contributed by atoms with Crippen LogP contribution in [0.4, 0.5) is 0 Å². The monoisotopic (exact) mass is 236 g/mol. The number of amides is 1. The molecule has 2 rings (SSSR count). The lowest BCUT2D eigenvalue weighted by Gasteiger charge is -2.40. The smallest absolute Gasteiger partial charge is 0.243 e. The molecule has 1 saturated carbocycles. The summed E-state index contributed by atoms with van der Waals surface area (Å²) in [5.74, 6) is -0.0350. The lowest BCUT2D eigenvalue weighted by atomic mass is 9.69. The summed E-state index contributed by atoms with van der Waals surface area (Å²) in [4.78, 5) is 14.2. The van der Waals surface area contributed by atoms with Gasteiger partial charge in [-0.3, -0.25) is 4.79 Å². The second-order valence-electron chi connectivity index (χ2n) is 5.23. The standard InChI is InChI=1S/C13H20N2O2/c14-10-13(6-4-7-13)12(17)15-8-3-1-2-5-11(15)9-16/h11,16H,1-9H2. The highest BCUT2D eigenvalue weighted by Crippen LogP contribution is 2.42. The number of nitriles is 1. The molecule has 1 aliphatic heterocycles. The first-order chi connectivity index (χ1) is 8.23. The van der Waals surface area contributed by atoms with Crippen molar-refractivity contribution in [2.45, 2.75) is 51.0 Å². The average Bonchev–Trinajstić information content (AvgIpc) is 2.52. The van der Waals surface area contributed by atoms with E-state index in [1.165, 1.54) is 0 Å². The van der Waals surface area contributed by atoms with E-state index in [9.17, 15) is 15.2 Å². The molecular formula is C13H20N2O2. The zero-order valence-corrected chi connectivity index (χ0v) is 10.2. The van der Waals surface area contributed by atoms with Crippen molar-refractivity contribution < 1.29 is 9.90 Å². The van der Waals surface area contributed by atoms with Gasteiger partial charge >= 0.3 is 0 Å². The molecule has 1 unspecified atom stereocenters. The first kappa shape index (κ1) is 12.4. The summed E-state index contributed by atoms with van der Waals surface area (Å²) in [6, 6.07) is 2.13. The molecule has 2 fully saturated rings. The SMILES string of the molecule is N#CC1(C(=O)N2CCCCCC2CO)CCC1. The molecule has 1 amide bonds. The normalized spacial score (nSPS) is 27.8. The van der Waals surface area contributed by atoms with Gasteiger partial charge in [0.15, 0.2) is 0 Å². The predicted octanol–water partition coefficient (Wildman–Crippen LogP) is 1.44. The molecular weight excluding hydrogens is 216 g/mol. The Hall–Kier alpha value is -1.08. The van der Waals surface area contributed by atoms with Gasteiger partial charge in [-0.15, -0.1) is 0 Å². The lowest BCUT2D eigenvalue weighted by molar-refractivity contribution is -0.146. The third kappa shape index (κ3) is 2.16. The third-order valence-corrected chi connectivity index (χ3v) is 4.18. The number of hydrogen-bond acceptors (Lipinski definition) is 3. The van der Waals surface area contributed by atoms with E-state index in [1.54, 1.807) is 4.90 Å². The second kappa shape index (κ2) is 5.05. The van der Waals surface area contributed by atoms with Crippen molar-refractivity contribution in [3.05, 3.63) is 0 Å². The van der Waals surface area contributed by atoms with Gasteiger partial charge in [0.2, 0.25) is 5.91 Å². The van der Waals surface area contributed by atoms with Crippen LogP contribution in [0.15, 0.2) is 0 Å². The second-order valence-corrected chi connectivity index (χ2v) is 5.23. The van der Waals surface area contributed by atoms with Gasteiger partial charge in [-0.25, -0.2) is 0 Å². The van der Waals surface area contributed by atoms with Crippen LogP contribution in [-0.2, 0) is 4.79 Å². The molecule has 0 aromatic carbocycles. The molecule has 1 heterocycles. The van der Waals surface area contributed by atoms with Gasteiger partial charge < -0.3 is 10.0 Å². The van der Waals surface area contributed by atoms with Crippen molar-refractivity contribution in [3.8, 4) is 6.07 Å². The third-order valence-electron chi connectivity index (χ3n) is 4.18. The van der Waals surface area contributed by atoms with Gasteiger partial charge in [0.25, 0.3) is 0 Å². The van der Waals surface area contributed by atoms with Crippen molar-refractivity contribution in [2.75, 3.05) is 13.2 Å². The Morgan fingerprint density at radius 3 is 2.65 bits per heavy atom. The van der Waals surface area contributed by atoms with Crippen LogP contribution in [0.1, 0.15) is 44.9 Å². The number of nitrogens with zero attached hydrogens (tertiary/aromatic N) is 2. The molecule has 4 heteroatoms. The minimum absolute atomic E-state index is 0.0211. The molecule has 17 heavy (non-hydrogen) atoms. The molecule has 94 valence electrons. The van der Waals surface area contributed by atoms with E-state index < -0.39 is 5.41 Å². The fourth-order valence-corrected chi connectivity index (χ4v) is 2.81. The maximum atomic E-state index is 12.4. The van der Waals surface area contributed by atoms with Crippen molar-refractivity contribution in [2.24, 2.45) is 5.41 Å². The van der Waals surface area contributed by atoms with Gasteiger partial charge in [-0.2, -0.15) is 5.26 Å². The predicted molar refractivity (Wildman–Crippen MR) is 63.0 cm³/mol. The van der Waals surface area contributed by atoms with Crippen LogP contribution in [0, 0.1) is 16.7 Å². The van der Waals surface area contributed by atoms with Crippen LogP contribution in [0.5, 0.6) is 0 Å². The number of rotatable bonds is 2. The Labute approximate surface area is 102 Å². The van der Waals surface area contributed by atoms with Crippen molar-refractivity contribution in [1.29, 1.82) is 5.26 Å². The van der Waals surface area contributed by atoms with E-state index in [1.807, 2.05) is 0 Å². The minimum Gasteiger partial charge on any atom is -0.394 e. The van der Waals surface area contributed by atoms with Crippen LogP contribution in [0.3, 0.4) is 0 Å². The molecule has 0 spiro atoms. The maximum Gasteiger partial charge on any atom is 0.243 e. The molecule has 0 radical (unpaired) electrons. The van der Waals surface area contributed by atoms with E-state index in [2.05, 4.69) is 6.07 Å². The van der Waals surface area contributed by atoms with Gasteiger partial charge in [0, 0.05) is 6.54 Å². The highest BCUT2D eigenvalue weighted by Gasteiger charge is 2.48. The van der Waals surface area contributed by atoms with Crippen LogP contribution < -0.4 is 0 Å². The van der Waals surface area contributed by atoms with E-state index in [0.29, 0.717) is 19.4 Å². The first-order valence-electron chi connectivity index (χ1n) is 6.57. The molecule has 1 atom stereocenters. The van der Waals surface area contributed by atoms with Gasteiger partial charge in [0.1, 0.15) is 5.41 Å². The summed E-state index contributed by atoms with van der Waals surface area (Å²) < 4.78 is 0.